The first-order valence-electron chi connectivity index (χ1n) is 5.76. The van der Waals surface area contributed by atoms with Gasteiger partial charge in [-0.2, -0.15) is 0 Å². The average Bonchev–Trinajstić information content (AvgIpc) is 2.41. The first-order valence-corrected chi connectivity index (χ1v) is 7.37. The minimum absolute atomic E-state index is 0.333. The van der Waals surface area contributed by atoms with Crippen molar-refractivity contribution in [2.45, 2.75) is 22.9 Å². The van der Waals surface area contributed by atoms with Crippen molar-refractivity contribution in [1.82, 2.24) is 10.3 Å². The standard InChI is InChI=1S/C14H15BrN2S/c1-10(16-2)11-7-8-14(17-9-11)18-13-6-4-3-5-12(13)15/h3-10,16H,1-2H3. The number of pyridine rings is 1. The Morgan fingerprint density at radius 3 is 2.61 bits per heavy atom. The van der Waals surface area contributed by atoms with E-state index in [0.29, 0.717) is 6.04 Å². The second-order valence-electron chi connectivity index (χ2n) is 3.97. The van der Waals surface area contributed by atoms with Gasteiger partial charge in [0.15, 0.2) is 0 Å². The molecule has 1 atom stereocenters. The van der Waals surface area contributed by atoms with E-state index in [4.69, 9.17) is 0 Å². The van der Waals surface area contributed by atoms with E-state index in [2.05, 4.69) is 51.4 Å². The molecule has 0 radical (unpaired) electrons. The molecule has 1 aromatic carbocycles. The third kappa shape index (κ3) is 3.34. The maximum atomic E-state index is 4.49. The third-order valence-electron chi connectivity index (χ3n) is 2.74. The van der Waals surface area contributed by atoms with Gasteiger partial charge in [-0.25, -0.2) is 4.98 Å². The molecule has 2 aromatic rings. The van der Waals surface area contributed by atoms with Crippen molar-refractivity contribution in [3.63, 3.8) is 0 Å². The highest BCUT2D eigenvalue weighted by Crippen LogP contribution is 2.32. The molecule has 0 fully saturated rings. The summed E-state index contributed by atoms with van der Waals surface area (Å²) in [6.07, 6.45) is 1.93. The Labute approximate surface area is 120 Å². The molecule has 0 aliphatic heterocycles. The van der Waals surface area contributed by atoms with Crippen molar-refractivity contribution in [2.24, 2.45) is 0 Å². The first kappa shape index (κ1) is 13.6. The van der Waals surface area contributed by atoms with Crippen LogP contribution in [0.1, 0.15) is 18.5 Å². The Morgan fingerprint density at radius 1 is 1.22 bits per heavy atom. The minimum atomic E-state index is 0.333. The van der Waals surface area contributed by atoms with Crippen LogP contribution in [-0.4, -0.2) is 12.0 Å². The van der Waals surface area contributed by atoms with Gasteiger partial charge in [-0.1, -0.05) is 30.0 Å². The lowest BCUT2D eigenvalue weighted by Gasteiger charge is -2.10. The van der Waals surface area contributed by atoms with Gasteiger partial charge in [0, 0.05) is 21.6 Å². The molecule has 0 amide bonds. The van der Waals surface area contributed by atoms with Gasteiger partial charge in [0.25, 0.3) is 0 Å². The normalized spacial score (nSPS) is 12.4. The molecule has 0 bridgehead atoms. The number of hydrogen-bond acceptors (Lipinski definition) is 3. The lowest BCUT2D eigenvalue weighted by molar-refractivity contribution is 0.648. The predicted octanol–water partition coefficient (Wildman–Crippen LogP) is 4.28. The van der Waals surface area contributed by atoms with Crippen LogP contribution in [-0.2, 0) is 0 Å². The summed E-state index contributed by atoms with van der Waals surface area (Å²) in [5.41, 5.74) is 1.20. The van der Waals surface area contributed by atoms with Crippen molar-refractivity contribution in [2.75, 3.05) is 7.05 Å². The highest BCUT2D eigenvalue weighted by molar-refractivity contribution is 9.10. The molecule has 1 unspecified atom stereocenters. The van der Waals surface area contributed by atoms with Gasteiger partial charge in [0.05, 0.1) is 0 Å². The van der Waals surface area contributed by atoms with Crippen molar-refractivity contribution in [3.8, 4) is 0 Å². The molecule has 0 saturated carbocycles. The van der Waals surface area contributed by atoms with Crippen LogP contribution < -0.4 is 5.32 Å². The number of hydrogen-bond donors (Lipinski definition) is 1. The second-order valence-corrected chi connectivity index (χ2v) is 5.89. The Balaban J connectivity index is 2.14. The topological polar surface area (TPSA) is 24.9 Å². The van der Waals surface area contributed by atoms with Crippen LogP contribution in [0.2, 0.25) is 0 Å². The molecule has 18 heavy (non-hydrogen) atoms. The average molecular weight is 323 g/mol. The second kappa shape index (κ2) is 6.36. The molecule has 1 aromatic heterocycles. The van der Waals surface area contributed by atoms with Gasteiger partial charge in [0.2, 0.25) is 0 Å². The van der Waals surface area contributed by atoms with E-state index in [1.54, 1.807) is 11.8 Å². The van der Waals surface area contributed by atoms with Crippen molar-refractivity contribution >= 4 is 27.7 Å². The highest BCUT2D eigenvalue weighted by Gasteiger charge is 2.05. The van der Waals surface area contributed by atoms with Gasteiger partial charge < -0.3 is 5.32 Å². The lowest BCUT2D eigenvalue weighted by atomic mass is 10.1. The molecule has 2 rings (SSSR count). The van der Waals surface area contributed by atoms with Gasteiger partial charge in [-0.05, 0) is 53.7 Å². The summed E-state index contributed by atoms with van der Waals surface area (Å²) < 4.78 is 1.10. The SMILES string of the molecule is CNC(C)c1ccc(Sc2ccccc2Br)nc1. The van der Waals surface area contributed by atoms with Crippen LogP contribution in [0, 0.1) is 0 Å². The zero-order chi connectivity index (χ0) is 13.0. The molecular formula is C14H15BrN2S. The summed E-state index contributed by atoms with van der Waals surface area (Å²) in [6.45, 7) is 2.12. The highest BCUT2D eigenvalue weighted by atomic mass is 79.9. The maximum absolute atomic E-state index is 4.49. The number of halogens is 1. The van der Waals surface area contributed by atoms with E-state index >= 15 is 0 Å². The largest absolute Gasteiger partial charge is 0.313 e. The van der Waals surface area contributed by atoms with Gasteiger partial charge in [0.1, 0.15) is 5.03 Å². The molecule has 0 spiro atoms. The van der Waals surface area contributed by atoms with Crippen LogP contribution in [0.25, 0.3) is 0 Å². The summed E-state index contributed by atoms with van der Waals surface area (Å²) in [5, 5.41) is 4.21. The Kier molecular flexibility index (Phi) is 4.80. The quantitative estimate of drug-likeness (QED) is 0.909. The number of nitrogens with one attached hydrogen (secondary N) is 1. The fourth-order valence-corrected chi connectivity index (χ4v) is 2.82. The fraction of sp³-hybridized carbons (Fsp3) is 0.214. The van der Waals surface area contributed by atoms with E-state index in [9.17, 15) is 0 Å². The van der Waals surface area contributed by atoms with Crippen LogP contribution >= 0.6 is 27.7 Å². The van der Waals surface area contributed by atoms with Crippen LogP contribution in [0.3, 0.4) is 0 Å². The molecule has 94 valence electrons. The van der Waals surface area contributed by atoms with Gasteiger partial charge >= 0.3 is 0 Å². The van der Waals surface area contributed by atoms with E-state index in [1.165, 1.54) is 10.5 Å². The van der Waals surface area contributed by atoms with E-state index in [1.807, 2.05) is 31.4 Å². The summed E-state index contributed by atoms with van der Waals surface area (Å²) in [5.74, 6) is 0. The first-order chi connectivity index (χ1) is 8.70. The van der Waals surface area contributed by atoms with Crippen LogP contribution in [0.4, 0.5) is 0 Å². The predicted molar refractivity (Wildman–Crippen MR) is 80.0 cm³/mol. The Morgan fingerprint density at radius 2 is 2.00 bits per heavy atom. The molecule has 0 aliphatic carbocycles. The van der Waals surface area contributed by atoms with E-state index < -0.39 is 0 Å². The summed E-state index contributed by atoms with van der Waals surface area (Å²) in [7, 11) is 1.95. The van der Waals surface area contributed by atoms with Crippen molar-refractivity contribution < 1.29 is 0 Å². The third-order valence-corrected chi connectivity index (χ3v) is 4.72. The Hall–Kier alpha value is -0.840. The summed E-state index contributed by atoms with van der Waals surface area (Å²) in [4.78, 5) is 5.67. The maximum Gasteiger partial charge on any atom is 0.101 e. The van der Waals surface area contributed by atoms with Crippen molar-refractivity contribution in [1.29, 1.82) is 0 Å². The molecule has 0 aliphatic rings. The molecular weight excluding hydrogens is 308 g/mol. The van der Waals surface area contributed by atoms with E-state index in [-0.39, 0.29) is 0 Å². The monoisotopic (exact) mass is 322 g/mol. The number of nitrogens with zero attached hydrogens (tertiary/aromatic N) is 1. The summed E-state index contributed by atoms with van der Waals surface area (Å²) in [6, 6.07) is 12.7. The number of benzene rings is 1. The molecule has 1 N–H and O–H groups in total. The Bertz CT molecular complexity index is 513. The smallest absolute Gasteiger partial charge is 0.101 e. The molecule has 1 heterocycles. The molecule has 4 heteroatoms. The van der Waals surface area contributed by atoms with Crippen molar-refractivity contribution in [3.05, 3.63) is 52.6 Å². The lowest BCUT2D eigenvalue weighted by Crippen LogP contribution is -2.12. The van der Waals surface area contributed by atoms with Crippen LogP contribution in [0.15, 0.2) is 57.0 Å². The molecule has 0 saturated heterocycles. The fourth-order valence-electron chi connectivity index (χ4n) is 1.52. The van der Waals surface area contributed by atoms with Gasteiger partial charge in [-0.3, -0.25) is 0 Å². The summed E-state index contributed by atoms with van der Waals surface area (Å²) >= 11 is 5.21. The zero-order valence-corrected chi connectivity index (χ0v) is 12.8. The van der Waals surface area contributed by atoms with E-state index in [0.717, 1.165) is 9.50 Å². The minimum Gasteiger partial charge on any atom is -0.313 e. The molecule has 2 nitrogen and oxygen atoms in total. The number of rotatable bonds is 4. The van der Waals surface area contributed by atoms with Crippen LogP contribution in [0.5, 0.6) is 0 Å². The zero-order valence-electron chi connectivity index (χ0n) is 10.4. The van der Waals surface area contributed by atoms with Gasteiger partial charge in [-0.15, -0.1) is 0 Å². The number of aromatic nitrogens is 1.